The molecule has 25 heavy (non-hydrogen) atoms. The van der Waals surface area contributed by atoms with Crippen molar-refractivity contribution in [3.8, 4) is 5.88 Å². The second-order valence-electron chi connectivity index (χ2n) is 5.80. The second kappa shape index (κ2) is 6.77. The fourth-order valence-electron chi connectivity index (χ4n) is 2.98. The summed E-state index contributed by atoms with van der Waals surface area (Å²) < 4.78 is 11.4. The number of pyridine rings is 1. The fraction of sp³-hybridized carbons (Fsp3) is 0.143. The van der Waals surface area contributed by atoms with Crippen LogP contribution in [0.4, 0.5) is 0 Å². The van der Waals surface area contributed by atoms with E-state index < -0.39 is 0 Å². The average molecular weight is 330 g/mol. The van der Waals surface area contributed by atoms with Gasteiger partial charge in [-0.25, -0.2) is 9.98 Å². The molecular formula is C21H18N2O2. The van der Waals surface area contributed by atoms with Gasteiger partial charge < -0.3 is 9.47 Å². The van der Waals surface area contributed by atoms with Crippen LogP contribution in [0.25, 0.3) is 0 Å². The van der Waals surface area contributed by atoms with E-state index in [0.717, 1.165) is 11.1 Å². The lowest BCUT2D eigenvalue weighted by Crippen LogP contribution is -2.10. The summed E-state index contributed by atoms with van der Waals surface area (Å²) in [6.45, 7) is 0. The third-order valence-corrected chi connectivity index (χ3v) is 4.20. The lowest BCUT2D eigenvalue weighted by Gasteiger charge is -2.18. The highest BCUT2D eigenvalue weighted by atomic mass is 16.5. The Morgan fingerprint density at radius 1 is 0.800 bits per heavy atom. The molecule has 4 nitrogen and oxygen atoms in total. The molecule has 0 saturated heterocycles. The number of hydrogen-bond donors (Lipinski definition) is 0. The summed E-state index contributed by atoms with van der Waals surface area (Å²) in [5.41, 5.74) is 2.89. The van der Waals surface area contributed by atoms with Gasteiger partial charge in [0.2, 0.25) is 11.8 Å². The molecule has 4 heteroatoms. The van der Waals surface area contributed by atoms with Gasteiger partial charge in [0.25, 0.3) is 0 Å². The van der Waals surface area contributed by atoms with Crippen LogP contribution in [0.3, 0.4) is 0 Å². The van der Waals surface area contributed by atoms with Gasteiger partial charge in [-0.05, 0) is 17.2 Å². The maximum absolute atomic E-state index is 6.23. The van der Waals surface area contributed by atoms with Crippen molar-refractivity contribution in [3.05, 3.63) is 95.7 Å². The molecule has 1 aliphatic rings. The summed E-state index contributed by atoms with van der Waals surface area (Å²) in [7, 11) is 1.60. The van der Waals surface area contributed by atoms with E-state index in [1.807, 2.05) is 54.6 Å². The normalized spacial score (nSPS) is 19.2. The van der Waals surface area contributed by atoms with Crippen molar-refractivity contribution < 1.29 is 9.47 Å². The summed E-state index contributed by atoms with van der Waals surface area (Å²) in [6.07, 6.45) is -0.174. The van der Waals surface area contributed by atoms with E-state index in [-0.39, 0.29) is 12.1 Å². The summed E-state index contributed by atoms with van der Waals surface area (Å²) in [6, 6.07) is 25.9. The van der Waals surface area contributed by atoms with Crippen molar-refractivity contribution in [3.63, 3.8) is 0 Å². The molecule has 3 aromatic rings. The van der Waals surface area contributed by atoms with E-state index in [2.05, 4.69) is 29.2 Å². The van der Waals surface area contributed by atoms with Gasteiger partial charge in [0.15, 0.2) is 6.10 Å². The number of ether oxygens (including phenoxy) is 2. The minimum Gasteiger partial charge on any atom is -0.481 e. The van der Waals surface area contributed by atoms with Crippen molar-refractivity contribution in [1.82, 2.24) is 4.98 Å². The van der Waals surface area contributed by atoms with Gasteiger partial charge in [-0.2, -0.15) is 0 Å². The maximum Gasteiger partial charge on any atom is 0.236 e. The van der Waals surface area contributed by atoms with Crippen LogP contribution in [-0.2, 0) is 4.74 Å². The van der Waals surface area contributed by atoms with E-state index in [9.17, 15) is 0 Å². The van der Waals surface area contributed by atoms with Crippen molar-refractivity contribution in [1.29, 1.82) is 0 Å². The topological polar surface area (TPSA) is 43.7 Å². The number of aromatic nitrogens is 1. The molecule has 0 fully saturated rings. The highest BCUT2D eigenvalue weighted by Crippen LogP contribution is 2.40. The molecule has 0 aliphatic carbocycles. The first-order valence-corrected chi connectivity index (χ1v) is 8.21. The number of nitrogens with zero attached hydrogens (tertiary/aromatic N) is 2. The van der Waals surface area contributed by atoms with E-state index in [0.29, 0.717) is 17.5 Å². The summed E-state index contributed by atoms with van der Waals surface area (Å²) in [5, 5.41) is 0. The third-order valence-electron chi connectivity index (χ3n) is 4.20. The van der Waals surface area contributed by atoms with Gasteiger partial charge >= 0.3 is 0 Å². The molecule has 1 aliphatic heterocycles. The first kappa shape index (κ1) is 15.4. The van der Waals surface area contributed by atoms with Crippen LogP contribution in [-0.4, -0.2) is 18.0 Å². The lowest BCUT2D eigenvalue weighted by atomic mass is 9.97. The molecule has 0 radical (unpaired) electrons. The molecule has 2 heterocycles. The molecule has 1 aromatic heterocycles. The van der Waals surface area contributed by atoms with E-state index in [1.54, 1.807) is 7.11 Å². The van der Waals surface area contributed by atoms with Crippen LogP contribution in [0.2, 0.25) is 0 Å². The van der Waals surface area contributed by atoms with Crippen molar-refractivity contribution in [2.45, 2.75) is 12.1 Å². The van der Waals surface area contributed by atoms with Gasteiger partial charge in [-0.15, -0.1) is 0 Å². The summed E-state index contributed by atoms with van der Waals surface area (Å²) in [5.74, 6) is 1.09. The highest BCUT2D eigenvalue weighted by molar-refractivity contribution is 5.93. The predicted octanol–water partition coefficient (Wildman–Crippen LogP) is 4.35. The van der Waals surface area contributed by atoms with Gasteiger partial charge in [0, 0.05) is 6.07 Å². The molecule has 0 N–H and O–H groups in total. The Labute approximate surface area is 146 Å². The van der Waals surface area contributed by atoms with E-state index in [1.165, 1.54) is 0 Å². The van der Waals surface area contributed by atoms with Gasteiger partial charge in [0.05, 0.1) is 7.11 Å². The van der Waals surface area contributed by atoms with Gasteiger partial charge in [0.1, 0.15) is 11.7 Å². The molecule has 0 bridgehead atoms. The summed E-state index contributed by atoms with van der Waals surface area (Å²) >= 11 is 0. The zero-order valence-electron chi connectivity index (χ0n) is 13.9. The Hall–Kier alpha value is -3.14. The number of methoxy groups -OCH3 is 1. The minimum absolute atomic E-state index is 0.105. The van der Waals surface area contributed by atoms with Gasteiger partial charge in [-0.1, -0.05) is 66.7 Å². The largest absolute Gasteiger partial charge is 0.481 e. The quantitative estimate of drug-likeness (QED) is 0.714. The van der Waals surface area contributed by atoms with Crippen LogP contribution in [0.15, 0.2) is 83.9 Å². The molecule has 0 saturated carbocycles. The zero-order valence-corrected chi connectivity index (χ0v) is 13.9. The van der Waals surface area contributed by atoms with Crippen LogP contribution >= 0.6 is 0 Å². The number of rotatable bonds is 4. The maximum atomic E-state index is 6.23. The average Bonchev–Trinajstić information content (AvgIpc) is 3.15. The van der Waals surface area contributed by atoms with Crippen LogP contribution in [0.1, 0.15) is 29.0 Å². The SMILES string of the molecule is COc1cccc(C2=N[C@@H](c3ccccc3)[C@@H](c3ccccc3)O2)n1. The Bertz CT molecular complexity index is 879. The summed E-state index contributed by atoms with van der Waals surface area (Å²) in [4.78, 5) is 9.29. The van der Waals surface area contributed by atoms with Crippen LogP contribution in [0.5, 0.6) is 5.88 Å². The Balaban J connectivity index is 1.74. The molecular weight excluding hydrogens is 312 g/mol. The molecule has 2 aromatic carbocycles. The standard InChI is InChI=1S/C21H18N2O2/c1-24-18-14-8-13-17(22-18)21-23-19(15-9-4-2-5-10-15)20(25-21)16-11-6-3-7-12-16/h2-14,19-20H,1H3/t19-,20+/m0/s1. The molecule has 2 atom stereocenters. The zero-order chi connectivity index (χ0) is 17.1. The Morgan fingerprint density at radius 2 is 1.48 bits per heavy atom. The molecule has 0 unspecified atom stereocenters. The van der Waals surface area contributed by atoms with E-state index >= 15 is 0 Å². The number of aliphatic imine (C=N–C) groups is 1. The fourth-order valence-corrected chi connectivity index (χ4v) is 2.98. The van der Waals surface area contributed by atoms with Crippen LogP contribution in [0, 0.1) is 0 Å². The lowest BCUT2D eigenvalue weighted by molar-refractivity contribution is 0.196. The smallest absolute Gasteiger partial charge is 0.236 e. The highest BCUT2D eigenvalue weighted by Gasteiger charge is 2.34. The monoisotopic (exact) mass is 330 g/mol. The third kappa shape index (κ3) is 3.11. The first-order valence-electron chi connectivity index (χ1n) is 8.21. The minimum atomic E-state index is -0.174. The van der Waals surface area contributed by atoms with Crippen molar-refractivity contribution in [2.24, 2.45) is 4.99 Å². The molecule has 0 spiro atoms. The second-order valence-corrected chi connectivity index (χ2v) is 5.80. The number of benzene rings is 2. The van der Waals surface area contributed by atoms with Crippen molar-refractivity contribution in [2.75, 3.05) is 7.11 Å². The molecule has 0 amide bonds. The molecule has 124 valence electrons. The Kier molecular flexibility index (Phi) is 4.17. The van der Waals surface area contributed by atoms with Crippen LogP contribution < -0.4 is 4.74 Å². The Morgan fingerprint density at radius 3 is 2.16 bits per heavy atom. The van der Waals surface area contributed by atoms with Crippen molar-refractivity contribution >= 4 is 5.90 Å². The first-order chi connectivity index (χ1) is 12.3. The predicted molar refractivity (Wildman–Crippen MR) is 96.8 cm³/mol. The van der Waals surface area contributed by atoms with E-state index in [4.69, 9.17) is 14.5 Å². The molecule has 4 rings (SSSR count). The number of hydrogen-bond acceptors (Lipinski definition) is 4. The van der Waals surface area contributed by atoms with Gasteiger partial charge in [-0.3, -0.25) is 0 Å².